The average molecular weight is 382 g/mol. The molecular formula is C26H22O3. The summed E-state index contributed by atoms with van der Waals surface area (Å²) in [6.45, 7) is 1.21. The van der Waals surface area contributed by atoms with Crippen LogP contribution in [-0.2, 0) is 14.2 Å². The second-order valence-corrected chi connectivity index (χ2v) is 7.77. The number of epoxide rings is 2. The van der Waals surface area contributed by atoms with Gasteiger partial charge in [-0.25, -0.2) is 0 Å². The lowest BCUT2D eigenvalue weighted by atomic mass is 9.72. The summed E-state index contributed by atoms with van der Waals surface area (Å²) in [6, 6.07) is 0. The molecule has 3 nitrogen and oxygen atoms in total. The van der Waals surface area contributed by atoms with Crippen LogP contribution in [0.25, 0.3) is 0 Å². The third-order valence-electron chi connectivity index (χ3n) is 6.01. The fraction of sp³-hybridized carbons (Fsp3) is 0.385. The Morgan fingerprint density at radius 1 is 0.828 bits per heavy atom. The molecule has 0 aromatic rings. The number of allylic oxidation sites excluding steroid dienone is 6. The van der Waals surface area contributed by atoms with Gasteiger partial charge in [0, 0.05) is 11.1 Å². The van der Waals surface area contributed by atoms with Crippen molar-refractivity contribution in [1.82, 2.24) is 0 Å². The van der Waals surface area contributed by atoms with Gasteiger partial charge in [-0.3, -0.25) is 0 Å². The Hall–Kier alpha value is -2.92. The molecule has 0 aromatic carbocycles. The van der Waals surface area contributed by atoms with Crippen molar-refractivity contribution < 1.29 is 14.2 Å². The topological polar surface area (TPSA) is 34.3 Å². The minimum atomic E-state index is -0.650. The second-order valence-electron chi connectivity index (χ2n) is 7.77. The molecule has 0 N–H and O–H groups in total. The van der Waals surface area contributed by atoms with Crippen LogP contribution >= 0.6 is 0 Å². The van der Waals surface area contributed by atoms with E-state index in [1.54, 1.807) is 0 Å². The minimum absolute atomic E-state index is 0.0862. The molecule has 6 unspecified atom stereocenters. The van der Waals surface area contributed by atoms with E-state index >= 15 is 0 Å². The summed E-state index contributed by atoms with van der Waals surface area (Å²) in [5, 5.41) is 0. The van der Waals surface area contributed by atoms with Crippen LogP contribution in [0.2, 0.25) is 0 Å². The van der Waals surface area contributed by atoms with E-state index in [0.29, 0.717) is 26.1 Å². The molecule has 0 spiro atoms. The largest absolute Gasteiger partial charge is 0.370 e. The highest BCUT2D eigenvalue weighted by atomic mass is 16.6. The van der Waals surface area contributed by atoms with Crippen molar-refractivity contribution in [3.05, 3.63) is 47.6 Å². The molecule has 4 rings (SSSR count). The molecule has 0 radical (unpaired) electrons. The van der Waals surface area contributed by atoms with E-state index in [9.17, 15) is 0 Å². The first-order chi connectivity index (χ1) is 14.1. The Bertz CT molecular complexity index is 895. The maximum Gasteiger partial charge on any atom is 0.109 e. The van der Waals surface area contributed by atoms with E-state index in [1.165, 1.54) is 0 Å². The molecule has 2 aliphatic heterocycles. The number of terminal acetylenes is 4. The summed E-state index contributed by atoms with van der Waals surface area (Å²) in [6.07, 6.45) is 35.0. The zero-order chi connectivity index (χ0) is 20.5. The highest BCUT2D eigenvalue weighted by molar-refractivity contribution is 5.44. The molecule has 6 atom stereocenters. The molecule has 3 heteroatoms. The summed E-state index contributed by atoms with van der Waals surface area (Å²) in [5.41, 5.74) is 0.331. The predicted octanol–water partition coefficient (Wildman–Crippen LogP) is 2.82. The van der Waals surface area contributed by atoms with Crippen molar-refractivity contribution in [2.75, 3.05) is 13.2 Å². The van der Waals surface area contributed by atoms with Crippen LogP contribution in [0.3, 0.4) is 0 Å². The first-order valence-corrected chi connectivity index (χ1v) is 9.66. The SMILES string of the molecule is C#CC1=CCC(C#C)(C(OC(C2CO2)C2(C#C)C=CC(C#C)=CC2)C2CO2)C=C1. The Labute approximate surface area is 172 Å². The molecule has 29 heavy (non-hydrogen) atoms. The second kappa shape index (κ2) is 7.48. The lowest BCUT2D eigenvalue weighted by Gasteiger charge is -2.41. The third-order valence-corrected chi connectivity index (χ3v) is 6.01. The zero-order valence-electron chi connectivity index (χ0n) is 16.1. The lowest BCUT2D eigenvalue weighted by molar-refractivity contribution is -0.101. The summed E-state index contributed by atoms with van der Waals surface area (Å²) >= 11 is 0. The number of ether oxygens (including phenoxy) is 3. The molecule has 0 aromatic heterocycles. The number of hydrogen-bond donors (Lipinski definition) is 0. The van der Waals surface area contributed by atoms with E-state index in [-0.39, 0.29) is 24.4 Å². The number of rotatable bonds is 6. The molecule has 2 heterocycles. The molecule has 4 aliphatic rings. The van der Waals surface area contributed by atoms with Crippen LogP contribution in [0.5, 0.6) is 0 Å². The van der Waals surface area contributed by atoms with Gasteiger partial charge in [0.15, 0.2) is 0 Å². The first kappa shape index (κ1) is 19.4. The zero-order valence-corrected chi connectivity index (χ0v) is 16.1. The molecule has 2 saturated heterocycles. The van der Waals surface area contributed by atoms with Crippen LogP contribution in [-0.4, -0.2) is 37.6 Å². The van der Waals surface area contributed by atoms with Gasteiger partial charge in [0.1, 0.15) is 24.4 Å². The Morgan fingerprint density at radius 2 is 1.24 bits per heavy atom. The predicted molar refractivity (Wildman–Crippen MR) is 112 cm³/mol. The van der Waals surface area contributed by atoms with Crippen LogP contribution in [0.15, 0.2) is 47.6 Å². The molecule has 144 valence electrons. The highest BCUT2D eigenvalue weighted by Crippen LogP contribution is 2.46. The van der Waals surface area contributed by atoms with Crippen molar-refractivity contribution in [2.45, 2.75) is 37.3 Å². The van der Waals surface area contributed by atoms with E-state index in [0.717, 1.165) is 11.1 Å². The van der Waals surface area contributed by atoms with Crippen LogP contribution < -0.4 is 0 Å². The van der Waals surface area contributed by atoms with Crippen molar-refractivity contribution in [3.63, 3.8) is 0 Å². The Kier molecular flexibility index (Phi) is 5.01. The van der Waals surface area contributed by atoms with Gasteiger partial charge in [-0.2, -0.15) is 0 Å². The normalized spacial score (nSPS) is 36.3. The van der Waals surface area contributed by atoms with Gasteiger partial charge in [0.05, 0.1) is 24.0 Å². The molecule has 0 bridgehead atoms. The quantitative estimate of drug-likeness (QED) is 0.523. The monoisotopic (exact) mass is 382 g/mol. The van der Waals surface area contributed by atoms with Gasteiger partial charge >= 0.3 is 0 Å². The lowest BCUT2D eigenvalue weighted by Crippen LogP contribution is -2.48. The fourth-order valence-electron chi connectivity index (χ4n) is 4.02. The van der Waals surface area contributed by atoms with Crippen LogP contribution in [0, 0.1) is 60.2 Å². The van der Waals surface area contributed by atoms with E-state index < -0.39 is 10.8 Å². The Balaban J connectivity index is 1.64. The van der Waals surface area contributed by atoms with Gasteiger partial charge in [-0.05, 0) is 25.0 Å². The maximum absolute atomic E-state index is 6.70. The van der Waals surface area contributed by atoms with Crippen molar-refractivity contribution in [3.8, 4) is 49.4 Å². The third kappa shape index (κ3) is 3.58. The smallest absolute Gasteiger partial charge is 0.109 e. The van der Waals surface area contributed by atoms with Gasteiger partial charge in [-0.1, -0.05) is 48.0 Å². The summed E-state index contributed by atoms with van der Waals surface area (Å²) in [7, 11) is 0. The summed E-state index contributed by atoms with van der Waals surface area (Å²) in [4.78, 5) is 0. The van der Waals surface area contributed by atoms with Gasteiger partial charge < -0.3 is 14.2 Å². The van der Waals surface area contributed by atoms with Gasteiger partial charge in [-0.15, -0.1) is 25.7 Å². The van der Waals surface area contributed by atoms with E-state index in [4.69, 9.17) is 39.9 Å². The van der Waals surface area contributed by atoms with E-state index in [1.807, 2.05) is 36.5 Å². The Morgan fingerprint density at radius 3 is 1.48 bits per heavy atom. The van der Waals surface area contributed by atoms with Crippen molar-refractivity contribution in [2.24, 2.45) is 10.8 Å². The van der Waals surface area contributed by atoms with Crippen LogP contribution in [0.4, 0.5) is 0 Å². The molecule has 2 fully saturated rings. The average Bonchev–Trinajstić information content (AvgIpc) is 3.69. The number of hydrogen-bond acceptors (Lipinski definition) is 3. The highest BCUT2D eigenvalue weighted by Gasteiger charge is 2.54. The summed E-state index contributed by atoms with van der Waals surface area (Å²) < 4.78 is 18.0. The van der Waals surface area contributed by atoms with Crippen molar-refractivity contribution in [1.29, 1.82) is 0 Å². The summed E-state index contributed by atoms with van der Waals surface area (Å²) in [5.74, 6) is 11.2. The van der Waals surface area contributed by atoms with Gasteiger partial charge in [0.2, 0.25) is 0 Å². The minimum Gasteiger partial charge on any atom is -0.370 e. The van der Waals surface area contributed by atoms with Gasteiger partial charge in [0.25, 0.3) is 0 Å². The van der Waals surface area contributed by atoms with Crippen molar-refractivity contribution >= 4 is 0 Å². The standard InChI is InChI=1S/C26H22O3/c1-5-19-9-13-25(7-3,14-10-19)23(21-17-27-21)29-24(22-18-28-22)26(8-4)15-11-20(6-2)12-16-26/h1-4,9-13,15,21-24H,14,16-18H2. The first-order valence-electron chi connectivity index (χ1n) is 9.66. The van der Waals surface area contributed by atoms with E-state index in [2.05, 4.69) is 23.7 Å². The molecule has 0 saturated carbocycles. The molecule has 0 amide bonds. The van der Waals surface area contributed by atoms with Crippen LogP contribution in [0.1, 0.15) is 12.8 Å². The maximum atomic E-state index is 6.70. The molecular weight excluding hydrogens is 360 g/mol. The molecule has 2 aliphatic carbocycles. The fourth-order valence-corrected chi connectivity index (χ4v) is 4.02.